The second-order valence-corrected chi connectivity index (χ2v) is 11.7. The second kappa shape index (κ2) is 6.99. The normalized spacial score (nSPS) is 36.5. The van der Waals surface area contributed by atoms with Gasteiger partial charge in [-0.05, 0) is 69.0 Å². The van der Waals surface area contributed by atoms with Crippen molar-refractivity contribution in [3.05, 3.63) is 35.7 Å². The van der Waals surface area contributed by atoms with Crippen molar-refractivity contribution in [1.29, 1.82) is 0 Å². The molecule has 1 aromatic heterocycles. The smallest absolute Gasteiger partial charge is 0.246 e. The zero-order valence-electron chi connectivity index (χ0n) is 20.4. The fourth-order valence-corrected chi connectivity index (χ4v) is 8.99. The number of amides is 1. The topological polar surface area (TPSA) is 72.7 Å². The Labute approximate surface area is 205 Å². The summed E-state index contributed by atoms with van der Waals surface area (Å²) in [6, 6.07) is 5.01. The monoisotopic (exact) mass is 475 g/mol. The highest BCUT2D eigenvalue weighted by atomic mass is 16.5. The summed E-state index contributed by atoms with van der Waals surface area (Å²) in [5.74, 6) is 2.79. The second-order valence-electron chi connectivity index (χ2n) is 11.7. The lowest BCUT2D eigenvalue weighted by atomic mass is 9.42. The van der Waals surface area contributed by atoms with Gasteiger partial charge in [-0.25, -0.2) is 0 Å². The first-order valence-electron chi connectivity index (χ1n) is 13.4. The molecule has 5 atom stereocenters. The van der Waals surface area contributed by atoms with Crippen LogP contribution in [0.25, 0.3) is 0 Å². The van der Waals surface area contributed by atoms with Gasteiger partial charge in [-0.3, -0.25) is 9.69 Å². The van der Waals surface area contributed by atoms with E-state index in [1.54, 1.807) is 19.5 Å². The van der Waals surface area contributed by atoms with Crippen molar-refractivity contribution in [3.8, 4) is 11.5 Å². The van der Waals surface area contributed by atoms with Gasteiger partial charge in [-0.15, -0.1) is 0 Å². The first-order valence-corrected chi connectivity index (χ1v) is 13.4. The average molecular weight is 476 g/mol. The summed E-state index contributed by atoms with van der Waals surface area (Å²) < 4.78 is 12.8. The van der Waals surface area contributed by atoms with Gasteiger partial charge in [-0.2, -0.15) is 15.0 Å². The molecule has 2 aromatic rings. The third-order valence-corrected chi connectivity index (χ3v) is 10.5. The Morgan fingerprint density at radius 3 is 2.80 bits per heavy atom. The number of carbonyl (C=O) groups excluding carboxylic acids is 1. The van der Waals surface area contributed by atoms with Crippen LogP contribution < -0.4 is 9.47 Å². The molecular formula is C27H33N5O3. The van der Waals surface area contributed by atoms with Gasteiger partial charge in [0.15, 0.2) is 11.5 Å². The van der Waals surface area contributed by atoms with Crippen molar-refractivity contribution in [2.75, 3.05) is 26.7 Å². The molecule has 8 nitrogen and oxygen atoms in total. The molecule has 3 saturated heterocycles. The van der Waals surface area contributed by atoms with Crippen LogP contribution in [-0.2, 0) is 23.2 Å². The van der Waals surface area contributed by atoms with Gasteiger partial charge in [0.2, 0.25) is 5.91 Å². The largest absolute Gasteiger partial charge is 0.493 e. The molecule has 184 valence electrons. The van der Waals surface area contributed by atoms with Crippen LogP contribution >= 0.6 is 0 Å². The van der Waals surface area contributed by atoms with Gasteiger partial charge in [-0.1, -0.05) is 6.07 Å². The molecule has 1 amide bonds. The molecule has 0 radical (unpaired) electrons. The molecule has 8 heteroatoms. The summed E-state index contributed by atoms with van der Waals surface area (Å²) in [4.78, 5) is 20.1. The summed E-state index contributed by atoms with van der Waals surface area (Å²) in [6.07, 6.45) is 11.5. The van der Waals surface area contributed by atoms with E-state index in [2.05, 4.69) is 32.1 Å². The van der Waals surface area contributed by atoms with E-state index in [9.17, 15) is 4.79 Å². The van der Waals surface area contributed by atoms with Crippen LogP contribution in [0.15, 0.2) is 24.5 Å². The van der Waals surface area contributed by atoms with Gasteiger partial charge in [0, 0.05) is 35.5 Å². The Hall–Kier alpha value is -2.61. The Bertz CT molecular complexity index is 1200. The summed E-state index contributed by atoms with van der Waals surface area (Å²) >= 11 is 0. The zero-order valence-corrected chi connectivity index (χ0v) is 20.4. The lowest BCUT2D eigenvalue weighted by molar-refractivity contribution is -0.145. The first kappa shape index (κ1) is 20.6. The summed E-state index contributed by atoms with van der Waals surface area (Å²) in [6.45, 7) is 3.36. The van der Waals surface area contributed by atoms with Gasteiger partial charge in [0.25, 0.3) is 0 Å². The maximum Gasteiger partial charge on any atom is 0.246 e. The summed E-state index contributed by atoms with van der Waals surface area (Å²) in [7, 11) is 1.74. The molecule has 5 fully saturated rings. The Morgan fingerprint density at radius 2 is 2.00 bits per heavy atom. The minimum atomic E-state index is -0.0307. The molecular weight excluding hydrogens is 442 g/mol. The molecule has 0 N–H and O–H groups in total. The highest BCUT2D eigenvalue weighted by Crippen LogP contribution is 2.71. The maximum atomic E-state index is 13.6. The molecule has 2 saturated carbocycles. The van der Waals surface area contributed by atoms with E-state index in [0.717, 1.165) is 56.2 Å². The number of piperidine rings is 1. The van der Waals surface area contributed by atoms with Crippen LogP contribution in [-0.4, -0.2) is 75.6 Å². The molecule has 9 rings (SSSR count). The lowest BCUT2D eigenvalue weighted by Crippen LogP contribution is -2.72. The van der Waals surface area contributed by atoms with Crippen LogP contribution in [0.5, 0.6) is 11.5 Å². The highest BCUT2D eigenvalue weighted by molar-refractivity contribution is 5.77. The summed E-state index contributed by atoms with van der Waals surface area (Å²) in [5, 5.41) is 8.39. The predicted molar refractivity (Wildman–Crippen MR) is 127 cm³/mol. The van der Waals surface area contributed by atoms with Crippen molar-refractivity contribution in [3.63, 3.8) is 0 Å². The lowest BCUT2D eigenvalue weighted by Gasteiger charge is -2.66. The minimum Gasteiger partial charge on any atom is -0.493 e. The summed E-state index contributed by atoms with van der Waals surface area (Å²) in [5.41, 5.74) is 2.99. The molecule has 7 aliphatic rings. The van der Waals surface area contributed by atoms with Crippen LogP contribution in [0, 0.1) is 11.3 Å². The first-order chi connectivity index (χ1) is 17.1. The van der Waals surface area contributed by atoms with E-state index in [0.29, 0.717) is 6.04 Å². The molecule has 2 spiro atoms. The van der Waals surface area contributed by atoms with Gasteiger partial charge in [0.1, 0.15) is 12.6 Å². The number of benzene rings is 1. The van der Waals surface area contributed by atoms with Crippen molar-refractivity contribution in [2.45, 2.75) is 75.1 Å². The third kappa shape index (κ3) is 2.54. The van der Waals surface area contributed by atoms with Gasteiger partial charge >= 0.3 is 0 Å². The standard InChI is InChI=1S/C27H33N5O3/c1-34-20-5-4-18-14-21-26-7-6-19(31(13-8-26)22(33)16-32-28-10-11-29-32)25-27(26,23(18)24(20)35-25)9-12-30(21)15-17-2-3-17/h4-5,10-11,17,19,21,25H,2-3,6-9,12-16H2,1H3/t19-,21-,25+,26-,27+/m1/s1. The van der Waals surface area contributed by atoms with Crippen molar-refractivity contribution in [1.82, 2.24) is 24.8 Å². The Morgan fingerprint density at radius 1 is 1.14 bits per heavy atom. The minimum absolute atomic E-state index is 0.00999. The van der Waals surface area contributed by atoms with Crippen molar-refractivity contribution < 1.29 is 14.3 Å². The predicted octanol–water partition coefficient (Wildman–Crippen LogP) is 2.41. The molecule has 3 aliphatic carbocycles. The van der Waals surface area contributed by atoms with E-state index < -0.39 is 0 Å². The SMILES string of the molecule is COc1ccc2c3c1O[C@H]1[C@H]4CC[C@@]5(CCN4C(=O)Cn4nccn4)[C@@H](C2)N(CC2CC2)CC[C@]315. The van der Waals surface area contributed by atoms with E-state index in [-0.39, 0.29) is 35.4 Å². The number of nitrogens with zero attached hydrogens (tertiary/aromatic N) is 5. The quantitative estimate of drug-likeness (QED) is 0.661. The number of hydrogen-bond donors (Lipinski definition) is 0. The van der Waals surface area contributed by atoms with Gasteiger partial charge in [0.05, 0.1) is 25.5 Å². The number of aromatic nitrogens is 3. The fraction of sp³-hybridized carbons (Fsp3) is 0.667. The molecule has 4 aliphatic heterocycles. The number of rotatable bonds is 5. The molecule has 4 bridgehead atoms. The van der Waals surface area contributed by atoms with Crippen LogP contribution in [0.4, 0.5) is 0 Å². The highest BCUT2D eigenvalue weighted by Gasteiger charge is 2.74. The number of fused-ring (bicyclic) bond motifs is 3. The van der Waals surface area contributed by atoms with Crippen LogP contribution in [0.2, 0.25) is 0 Å². The fourth-order valence-electron chi connectivity index (χ4n) is 8.99. The van der Waals surface area contributed by atoms with Crippen LogP contribution in [0.1, 0.15) is 49.7 Å². The van der Waals surface area contributed by atoms with Crippen LogP contribution in [0.3, 0.4) is 0 Å². The van der Waals surface area contributed by atoms with E-state index in [1.165, 1.54) is 41.7 Å². The number of likely N-dealkylation sites (tertiary alicyclic amines) is 1. The van der Waals surface area contributed by atoms with Crippen molar-refractivity contribution in [2.24, 2.45) is 11.3 Å². The molecule has 0 unspecified atom stereocenters. The zero-order chi connectivity index (χ0) is 23.4. The number of carbonyl (C=O) groups is 1. The van der Waals surface area contributed by atoms with E-state index in [1.807, 2.05) is 0 Å². The molecule has 5 heterocycles. The third-order valence-electron chi connectivity index (χ3n) is 10.5. The van der Waals surface area contributed by atoms with Gasteiger partial charge < -0.3 is 14.4 Å². The molecule has 35 heavy (non-hydrogen) atoms. The average Bonchev–Trinajstić information content (AvgIpc) is 3.49. The van der Waals surface area contributed by atoms with Crippen molar-refractivity contribution >= 4 is 5.91 Å². The maximum absolute atomic E-state index is 13.6. The Kier molecular flexibility index (Phi) is 4.11. The van der Waals surface area contributed by atoms with E-state index >= 15 is 0 Å². The number of hydrogen-bond acceptors (Lipinski definition) is 6. The molecule has 1 aromatic carbocycles. The number of methoxy groups -OCH3 is 1. The van der Waals surface area contributed by atoms with E-state index in [4.69, 9.17) is 9.47 Å². The number of ether oxygens (including phenoxy) is 2. The Balaban J connectivity index is 1.27.